The third-order valence-corrected chi connectivity index (χ3v) is 13.7. The van der Waals surface area contributed by atoms with Crippen molar-refractivity contribution in [2.75, 3.05) is 0 Å². The summed E-state index contributed by atoms with van der Waals surface area (Å²) < 4.78 is 1.43. The zero-order chi connectivity index (χ0) is 39.4. The lowest BCUT2D eigenvalue weighted by atomic mass is 9.79. The van der Waals surface area contributed by atoms with Gasteiger partial charge >= 0.3 is 0 Å². The van der Waals surface area contributed by atoms with Crippen LogP contribution in [0.2, 0.25) is 0 Å². The zero-order valence-corrected chi connectivity index (χ0v) is 35.1. The van der Waals surface area contributed by atoms with Crippen LogP contribution in [0.25, 0.3) is 82.4 Å². The van der Waals surface area contributed by atoms with E-state index in [-0.39, 0.29) is 5.41 Å². The molecule has 0 unspecified atom stereocenters. The number of hydrogen-bond acceptors (Lipinski definition) is 1. The van der Waals surface area contributed by atoms with Crippen molar-refractivity contribution < 1.29 is 0 Å². The Labute approximate surface area is 342 Å². The van der Waals surface area contributed by atoms with Gasteiger partial charge in [-0.05, 0) is 134 Å². The van der Waals surface area contributed by atoms with E-state index in [1.807, 2.05) is 11.3 Å². The highest BCUT2D eigenvalue weighted by molar-refractivity contribution is 7.20. The van der Waals surface area contributed by atoms with Crippen LogP contribution < -0.4 is 0 Å². The molecule has 0 bridgehead atoms. The molecule has 0 spiro atoms. The molecular weight excluding hydrogens is 705 g/mol. The lowest BCUT2D eigenvalue weighted by Gasteiger charge is -2.23. The maximum absolute atomic E-state index is 2.53. The summed E-state index contributed by atoms with van der Waals surface area (Å²) in [5, 5.41) is 9.33. The first-order valence-corrected chi connectivity index (χ1v) is 21.4. The lowest BCUT2D eigenvalue weighted by Crippen LogP contribution is -2.15. The van der Waals surface area contributed by atoms with E-state index in [0.717, 1.165) is 12.8 Å². The summed E-state index contributed by atoms with van der Waals surface area (Å²) in [7, 11) is 0. The van der Waals surface area contributed by atoms with Gasteiger partial charge in [0.15, 0.2) is 0 Å². The highest BCUT2D eigenvalue weighted by Gasteiger charge is 2.41. The van der Waals surface area contributed by atoms with Crippen LogP contribution in [0.15, 0.2) is 145 Å². The molecule has 1 heteroatoms. The fourth-order valence-electron chi connectivity index (χ4n) is 9.95. The largest absolute Gasteiger partial charge is 0.139 e. The SMILES string of the molecule is C/C=C\c1ccc(-c2c3ccccc3c(-c3cccc(CC=C4/C(=C\C)C(C)(C)c5c4c4ccccc4c4sc(CC)c(/C=C\C)c54)c3)c3ccccc23)cc1C. The van der Waals surface area contributed by atoms with Crippen molar-refractivity contribution in [3.63, 3.8) is 0 Å². The molecule has 280 valence electrons. The Balaban J connectivity index is 1.22. The quantitative estimate of drug-likeness (QED) is 0.142. The van der Waals surface area contributed by atoms with Crippen molar-refractivity contribution in [3.05, 3.63) is 183 Å². The van der Waals surface area contributed by atoms with Crippen molar-refractivity contribution in [3.8, 4) is 22.3 Å². The third kappa shape index (κ3) is 5.86. The van der Waals surface area contributed by atoms with Crippen molar-refractivity contribution in [1.29, 1.82) is 0 Å². The average molecular weight is 755 g/mol. The molecule has 0 aliphatic heterocycles. The second-order valence-electron chi connectivity index (χ2n) is 16.1. The standard InChI is InChI=1S/C56H50S/c1-8-19-37-30-31-39(33-35(37)5)51-42-25-14-12-23-40(42)50(41-24-13-15-26-43(41)51)38-22-18-21-36(34-38)29-32-46-48(10-3)56(6,7)54-52(46)44-27-16-17-28-45(44)55-53(54)47(20-9-2)49(11-4)57-55/h8-10,12-28,30-34H,11,29H2,1-7H3/b19-8-,20-9-,46-32?,48-10+. The Bertz CT molecular complexity index is 2970. The van der Waals surface area contributed by atoms with E-state index >= 15 is 0 Å². The van der Waals surface area contributed by atoms with Gasteiger partial charge in [0, 0.05) is 25.8 Å². The van der Waals surface area contributed by atoms with Crippen LogP contribution >= 0.6 is 11.3 Å². The fourth-order valence-corrected chi connectivity index (χ4v) is 11.2. The summed E-state index contributed by atoms with van der Waals surface area (Å²) in [5.74, 6) is 0. The Morgan fingerprint density at radius 1 is 0.614 bits per heavy atom. The Kier molecular flexibility index (Phi) is 9.46. The molecular formula is C56H50S. The van der Waals surface area contributed by atoms with Gasteiger partial charge < -0.3 is 0 Å². The van der Waals surface area contributed by atoms with Crippen molar-refractivity contribution in [2.24, 2.45) is 0 Å². The van der Waals surface area contributed by atoms with Gasteiger partial charge in [-0.15, -0.1) is 11.3 Å². The predicted octanol–water partition coefficient (Wildman–Crippen LogP) is 16.5. The lowest BCUT2D eigenvalue weighted by molar-refractivity contribution is 0.666. The molecule has 0 N–H and O–H groups in total. The van der Waals surface area contributed by atoms with Crippen molar-refractivity contribution in [2.45, 2.75) is 66.7 Å². The van der Waals surface area contributed by atoms with Crippen molar-refractivity contribution in [1.82, 2.24) is 0 Å². The number of fused-ring (bicyclic) bond motifs is 8. The topological polar surface area (TPSA) is 0 Å². The van der Waals surface area contributed by atoms with Gasteiger partial charge in [-0.2, -0.15) is 0 Å². The second kappa shape index (κ2) is 14.6. The maximum Gasteiger partial charge on any atom is 0.0433 e. The molecule has 1 aliphatic rings. The molecule has 8 aromatic rings. The molecule has 1 aromatic heterocycles. The first-order chi connectivity index (χ1) is 27.8. The highest BCUT2D eigenvalue weighted by atomic mass is 32.1. The van der Waals surface area contributed by atoms with E-state index in [0.29, 0.717) is 0 Å². The Morgan fingerprint density at radius 2 is 1.19 bits per heavy atom. The average Bonchev–Trinajstić information content (AvgIpc) is 3.70. The van der Waals surface area contributed by atoms with Gasteiger partial charge in [0.1, 0.15) is 0 Å². The molecule has 0 nitrogen and oxygen atoms in total. The summed E-state index contributed by atoms with van der Waals surface area (Å²) in [6.07, 6.45) is 15.7. The van der Waals surface area contributed by atoms with E-state index in [9.17, 15) is 0 Å². The minimum atomic E-state index is -0.131. The van der Waals surface area contributed by atoms with Gasteiger partial charge in [-0.25, -0.2) is 0 Å². The van der Waals surface area contributed by atoms with E-state index in [1.165, 1.54) is 114 Å². The van der Waals surface area contributed by atoms with E-state index in [2.05, 4.69) is 200 Å². The number of rotatable bonds is 7. The van der Waals surface area contributed by atoms with Gasteiger partial charge in [0.2, 0.25) is 0 Å². The Hall–Kier alpha value is -5.76. The fraction of sp³-hybridized carbons (Fsp3) is 0.179. The molecule has 0 radical (unpaired) electrons. The Morgan fingerprint density at radius 3 is 1.75 bits per heavy atom. The van der Waals surface area contributed by atoms with Crippen LogP contribution in [0.1, 0.15) is 79.8 Å². The van der Waals surface area contributed by atoms with Crippen LogP contribution in [0.5, 0.6) is 0 Å². The molecule has 1 aliphatic carbocycles. The highest BCUT2D eigenvalue weighted by Crippen LogP contribution is 2.57. The van der Waals surface area contributed by atoms with Gasteiger partial charge in [0.05, 0.1) is 0 Å². The number of hydrogen-bond donors (Lipinski definition) is 0. The monoisotopic (exact) mass is 754 g/mol. The van der Waals surface area contributed by atoms with E-state index in [1.54, 1.807) is 0 Å². The number of benzene rings is 7. The molecule has 0 saturated heterocycles. The summed E-state index contributed by atoms with van der Waals surface area (Å²) >= 11 is 1.99. The molecule has 0 saturated carbocycles. The molecule has 57 heavy (non-hydrogen) atoms. The van der Waals surface area contributed by atoms with Gasteiger partial charge in [-0.3, -0.25) is 0 Å². The number of allylic oxidation sites excluding steroid dienone is 6. The summed E-state index contributed by atoms with van der Waals surface area (Å²) in [4.78, 5) is 1.47. The first kappa shape index (κ1) is 36.9. The molecule has 0 amide bonds. The summed E-state index contributed by atoms with van der Waals surface area (Å²) in [5.41, 5.74) is 16.0. The van der Waals surface area contributed by atoms with Crippen molar-refractivity contribution >= 4 is 71.5 Å². The summed E-state index contributed by atoms with van der Waals surface area (Å²) in [6, 6.07) is 43.4. The summed E-state index contributed by atoms with van der Waals surface area (Å²) in [6.45, 7) is 15.9. The number of thiophene rings is 1. The minimum absolute atomic E-state index is 0.131. The van der Waals surface area contributed by atoms with Crippen LogP contribution in [0.3, 0.4) is 0 Å². The molecule has 0 atom stereocenters. The molecule has 9 rings (SSSR count). The van der Waals surface area contributed by atoms with Crippen LogP contribution in [-0.2, 0) is 18.3 Å². The molecule has 1 heterocycles. The number of aryl methyl sites for hydroxylation is 2. The van der Waals surface area contributed by atoms with Crippen LogP contribution in [0, 0.1) is 6.92 Å². The molecule has 0 fully saturated rings. The molecule has 7 aromatic carbocycles. The van der Waals surface area contributed by atoms with Crippen LogP contribution in [0.4, 0.5) is 0 Å². The minimum Gasteiger partial charge on any atom is -0.139 e. The smallest absolute Gasteiger partial charge is 0.0433 e. The maximum atomic E-state index is 2.53. The van der Waals surface area contributed by atoms with E-state index in [4.69, 9.17) is 0 Å². The predicted molar refractivity (Wildman–Crippen MR) is 254 cm³/mol. The van der Waals surface area contributed by atoms with Gasteiger partial charge in [-0.1, -0.05) is 172 Å². The third-order valence-electron chi connectivity index (χ3n) is 12.4. The zero-order valence-electron chi connectivity index (χ0n) is 34.3. The second-order valence-corrected chi connectivity index (χ2v) is 17.2. The van der Waals surface area contributed by atoms with Gasteiger partial charge in [0.25, 0.3) is 0 Å². The van der Waals surface area contributed by atoms with Crippen LogP contribution in [-0.4, -0.2) is 0 Å². The normalized spacial score (nSPS) is 15.5. The first-order valence-electron chi connectivity index (χ1n) is 20.6. The van der Waals surface area contributed by atoms with E-state index < -0.39 is 0 Å².